The van der Waals surface area contributed by atoms with Gasteiger partial charge < -0.3 is 9.80 Å². The number of carbonyl (C=O) groups excluding carboxylic acids is 2. The first kappa shape index (κ1) is 16.5. The van der Waals surface area contributed by atoms with Crippen LogP contribution in [0.15, 0.2) is 12.1 Å². The number of amides is 2. The van der Waals surface area contributed by atoms with E-state index in [9.17, 15) is 9.59 Å². The summed E-state index contributed by atoms with van der Waals surface area (Å²) >= 11 is 1.85. The lowest BCUT2D eigenvalue weighted by Gasteiger charge is -2.39. The summed E-state index contributed by atoms with van der Waals surface area (Å²) < 4.78 is 0. The molecule has 2 aliphatic heterocycles. The standard InChI is InChI=1S/C17H25N3O2S/c1-12-4-5-13(23-12)10-19-9-8-15-14(19)6-7-16(21)20(15)11-17(22)18(2)3/h4-5,14-15H,6-11H2,1-3H3/t14-,15-/m1/s1. The van der Waals surface area contributed by atoms with Crippen LogP contribution in [0, 0.1) is 6.92 Å². The van der Waals surface area contributed by atoms with E-state index in [0.717, 1.165) is 25.9 Å². The number of hydrogen-bond donors (Lipinski definition) is 0. The maximum absolute atomic E-state index is 12.3. The fraction of sp³-hybridized carbons (Fsp3) is 0.647. The Bertz CT molecular complexity index is 598. The lowest BCUT2D eigenvalue weighted by atomic mass is 9.96. The fourth-order valence-corrected chi connectivity index (χ4v) is 4.61. The molecular weight excluding hydrogens is 310 g/mol. The Kier molecular flexibility index (Phi) is 4.73. The molecule has 2 saturated heterocycles. The molecule has 0 N–H and O–H groups in total. The van der Waals surface area contributed by atoms with Crippen LogP contribution in [-0.2, 0) is 16.1 Å². The van der Waals surface area contributed by atoms with Crippen LogP contribution >= 0.6 is 11.3 Å². The van der Waals surface area contributed by atoms with Gasteiger partial charge in [0.2, 0.25) is 11.8 Å². The molecule has 0 bridgehead atoms. The summed E-state index contributed by atoms with van der Waals surface area (Å²) in [6.07, 6.45) is 2.45. The summed E-state index contributed by atoms with van der Waals surface area (Å²) in [4.78, 5) is 33.0. The number of likely N-dealkylation sites (N-methyl/N-ethyl adjacent to an activating group) is 1. The second kappa shape index (κ2) is 6.61. The second-order valence-electron chi connectivity index (χ2n) is 6.75. The first-order valence-electron chi connectivity index (χ1n) is 8.24. The van der Waals surface area contributed by atoms with Gasteiger partial charge in [0.15, 0.2) is 0 Å². The van der Waals surface area contributed by atoms with E-state index in [1.54, 1.807) is 19.0 Å². The first-order valence-corrected chi connectivity index (χ1v) is 9.06. The van der Waals surface area contributed by atoms with Crippen LogP contribution < -0.4 is 0 Å². The van der Waals surface area contributed by atoms with Crippen LogP contribution in [-0.4, -0.2) is 65.8 Å². The van der Waals surface area contributed by atoms with Gasteiger partial charge in [0.05, 0.1) is 0 Å². The van der Waals surface area contributed by atoms with Gasteiger partial charge >= 0.3 is 0 Å². The number of rotatable bonds is 4. The molecule has 2 aliphatic rings. The molecule has 0 spiro atoms. The van der Waals surface area contributed by atoms with E-state index in [0.29, 0.717) is 12.5 Å². The van der Waals surface area contributed by atoms with Gasteiger partial charge in [-0.15, -0.1) is 11.3 Å². The fourth-order valence-electron chi connectivity index (χ4n) is 3.70. The lowest BCUT2D eigenvalue weighted by molar-refractivity contribution is -0.144. The van der Waals surface area contributed by atoms with Gasteiger partial charge in [0.25, 0.3) is 0 Å². The van der Waals surface area contributed by atoms with Crippen molar-refractivity contribution < 1.29 is 9.59 Å². The molecule has 23 heavy (non-hydrogen) atoms. The number of carbonyl (C=O) groups is 2. The topological polar surface area (TPSA) is 43.9 Å². The molecule has 0 aromatic carbocycles. The van der Waals surface area contributed by atoms with Crippen LogP contribution in [0.1, 0.15) is 29.0 Å². The summed E-state index contributed by atoms with van der Waals surface area (Å²) in [5.74, 6) is 0.140. The molecular formula is C17H25N3O2S. The highest BCUT2D eigenvalue weighted by Crippen LogP contribution is 2.33. The van der Waals surface area contributed by atoms with Crippen LogP contribution in [0.5, 0.6) is 0 Å². The Balaban J connectivity index is 1.69. The molecule has 2 atom stereocenters. The minimum Gasteiger partial charge on any atom is -0.347 e. The van der Waals surface area contributed by atoms with E-state index in [1.807, 2.05) is 16.2 Å². The van der Waals surface area contributed by atoms with Crippen molar-refractivity contribution >= 4 is 23.2 Å². The molecule has 1 aromatic rings. The van der Waals surface area contributed by atoms with Crippen LogP contribution in [0.4, 0.5) is 0 Å². The van der Waals surface area contributed by atoms with Gasteiger partial charge in [-0.3, -0.25) is 14.5 Å². The quantitative estimate of drug-likeness (QED) is 0.841. The molecule has 2 fully saturated rings. The van der Waals surface area contributed by atoms with Crippen molar-refractivity contribution in [3.05, 3.63) is 21.9 Å². The zero-order chi connectivity index (χ0) is 16.6. The van der Waals surface area contributed by atoms with E-state index in [1.165, 1.54) is 9.75 Å². The Morgan fingerprint density at radius 2 is 2.09 bits per heavy atom. The number of hydrogen-bond acceptors (Lipinski definition) is 4. The first-order chi connectivity index (χ1) is 11.0. The van der Waals surface area contributed by atoms with Crippen molar-refractivity contribution in [1.29, 1.82) is 0 Å². The summed E-state index contributed by atoms with van der Waals surface area (Å²) in [7, 11) is 3.49. The average Bonchev–Trinajstić information content (AvgIpc) is 3.09. The van der Waals surface area contributed by atoms with Crippen molar-refractivity contribution in [3.8, 4) is 0 Å². The van der Waals surface area contributed by atoms with Crippen LogP contribution in [0.25, 0.3) is 0 Å². The summed E-state index contributed by atoms with van der Waals surface area (Å²) in [6.45, 7) is 4.32. The third kappa shape index (κ3) is 3.43. The number of fused-ring (bicyclic) bond motifs is 1. The molecule has 0 aliphatic carbocycles. The summed E-state index contributed by atoms with van der Waals surface area (Å²) in [6, 6.07) is 4.96. The molecule has 0 saturated carbocycles. The van der Waals surface area contributed by atoms with Gasteiger partial charge in [0.1, 0.15) is 6.54 Å². The van der Waals surface area contributed by atoms with Gasteiger partial charge in [-0.25, -0.2) is 0 Å². The van der Waals surface area contributed by atoms with Crippen molar-refractivity contribution in [1.82, 2.24) is 14.7 Å². The molecule has 1 aromatic heterocycles. The maximum Gasteiger partial charge on any atom is 0.241 e. The normalized spacial score (nSPS) is 24.8. The van der Waals surface area contributed by atoms with Gasteiger partial charge in [-0.2, -0.15) is 0 Å². The Morgan fingerprint density at radius 3 is 2.74 bits per heavy atom. The number of likely N-dealkylation sites (tertiary alicyclic amines) is 2. The largest absolute Gasteiger partial charge is 0.347 e. The average molecular weight is 335 g/mol. The summed E-state index contributed by atoms with van der Waals surface area (Å²) in [5.41, 5.74) is 0. The minimum atomic E-state index is 0.00586. The number of aryl methyl sites for hydroxylation is 1. The SMILES string of the molecule is Cc1ccc(CN2CC[C@@H]3[C@H]2CCC(=O)N3CC(=O)N(C)C)s1. The summed E-state index contributed by atoms with van der Waals surface area (Å²) in [5, 5.41) is 0. The number of piperidine rings is 1. The number of thiophene rings is 1. The predicted octanol–water partition coefficient (Wildman–Crippen LogP) is 1.71. The molecule has 0 unspecified atom stereocenters. The Labute approximate surface area is 141 Å². The Hall–Kier alpha value is -1.40. The van der Waals surface area contributed by atoms with Crippen LogP contribution in [0.3, 0.4) is 0 Å². The highest BCUT2D eigenvalue weighted by atomic mass is 32.1. The van der Waals surface area contributed by atoms with E-state index in [2.05, 4.69) is 24.0 Å². The molecule has 3 heterocycles. The molecule has 126 valence electrons. The lowest BCUT2D eigenvalue weighted by Crippen LogP contribution is -2.54. The van der Waals surface area contributed by atoms with Crippen molar-refractivity contribution in [2.45, 2.75) is 44.8 Å². The zero-order valence-corrected chi connectivity index (χ0v) is 14.9. The van der Waals surface area contributed by atoms with E-state index in [-0.39, 0.29) is 24.4 Å². The molecule has 2 amide bonds. The highest BCUT2D eigenvalue weighted by Gasteiger charge is 2.43. The van der Waals surface area contributed by atoms with E-state index < -0.39 is 0 Å². The van der Waals surface area contributed by atoms with Gasteiger partial charge in [-0.05, 0) is 31.9 Å². The third-order valence-electron chi connectivity index (χ3n) is 4.96. The number of nitrogens with zero attached hydrogens (tertiary/aromatic N) is 3. The monoisotopic (exact) mass is 335 g/mol. The minimum absolute atomic E-state index is 0.00586. The smallest absolute Gasteiger partial charge is 0.241 e. The van der Waals surface area contributed by atoms with Gasteiger partial charge in [0, 0.05) is 55.4 Å². The molecule has 0 radical (unpaired) electrons. The zero-order valence-electron chi connectivity index (χ0n) is 14.1. The van der Waals surface area contributed by atoms with Crippen molar-refractivity contribution in [2.75, 3.05) is 27.2 Å². The van der Waals surface area contributed by atoms with Crippen molar-refractivity contribution in [2.24, 2.45) is 0 Å². The van der Waals surface area contributed by atoms with E-state index >= 15 is 0 Å². The van der Waals surface area contributed by atoms with Crippen LogP contribution in [0.2, 0.25) is 0 Å². The maximum atomic E-state index is 12.3. The van der Waals surface area contributed by atoms with Gasteiger partial charge in [-0.1, -0.05) is 0 Å². The predicted molar refractivity (Wildman–Crippen MR) is 91.3 cm³/mol. The Morgan fingerprint density at radius 1 is 1.30 bits per heavy atom. The molecule has 6 heteroatoms. The highest BCUT2D eigenvalue weighted by molar-refractivity contribution is 7.11. The third-order valence-corrected chi connectivity index (χ3v) is 5.94. The molecule has 5 nitrogen and oxygen atoms in total. The second-order valence-corrected chi connectivity index (χ2v) is 8.13. The van der Waals surface area contributed by atoms with E-state index in [4.69, 9.17) is 0 Å². The molecule has 3 rings (SSSR count). The van der Waals surface area contributed by atoms with Crippen molar-refractivity contribution in [3.63, 3.8) is 0 Å².